The van der Waals surface area contributed by atoms with Crippen molar-refractivity contribution in [3.63, 3.8) is 0 Å². The maximum absolute atomic E-state index is 13.1. The zero-order valence-electron chi connectivity index (χ0n) is 15.6. The number of carbonyl (C=O) groups excluding carboxylic acids is 2. The monoisotopic (exact) mass is 401 g/mol. The first-order valence-electron chi connectivity index (χ1n) is 8.50. The maximum Gasteiger partial charge on any atom is 0.319 e. The number of methoxy groups -OCH3 is 2. The van der Waals surface area contributed by atoms with E-state index in [1.165, 1.54) is 7.11 Å². The SMILES string of the molecule is COc1ccc(NC(=O)C2=C(C)NC(=O)N[C@H]2c2ccc(Cl)cc2)c(OC)c1. The van der Waals surface area contributed by atoms with Crippen LogP contribution in [-0.2, 0) is 4.79 Å². The van der Waals surface area contributed by atoms with E-state index in [1.54, 1.807) is 56.5 Å². The van der Waals surface area contributed by atoms with Crippen molar-refractivity contribution in [3.8, 4) is 11.5 Å². The molecule has 28 heavy (non-hydrogen) atoms. The number of hydrogen-bond acceptors (Lipinski definition) is 4. The largest absolute Gasteiger partial charge is 0.497 e. The molecule has 3 amide bonds. The van der Waals surface area contributed by atoms with E-state index in [2.05, 4.69) is 16.0 Å². The van der Waals surface area contributed by atoms with Gasteiger partial charge < -0.3 is 25.4 Å². The number of nitrogens with one attached hydrogen (secondary N) is 3. The summed E-state index contributed by atoms with van der Waals surface area (Å²) in [5.74, 6) is 0.700. The van der Waals surface area contributed by atoms with E-state index in [4.69, 9.17) is 21.1 Å². The fraction of sp³-hybridized carbons (Fsp3) is 0.200. The molecule has 8 heteroatoms. The molecular formula is C20H20ClN3O4. The molecule has 0 bridgehead atoms. The molecule has 0 aliphatic carbocycles. The van der Waals surface area contributed by atoms with Gasteiger partial charge in [-0.1, -0.05) is 23.7 Å². The van der Waals surface area contributed by atoms with Crippen LogP contribution in [-0.4, -0.2) is 26.2 Å². The summed E-state index contributed by atoms with van der Waals surface area (Å²) in [5.41, 5.74) is 2.08. The summed E-state index contributed by atoms with van der Waals surface area (Å²) in [6.45, 7) is 1.68. The van der Waals surface area contributed by atoms with E-state index in [1.807, 2.05) is 0 Å². The molecule has 3 rings (SSSR count). The smallest absolute Gasteiger partial charge is 0.319 e. The Hall–Kier alpha value is -3.19. The quantitative estimate of drug-likeness (QED) is 0.713. The lowest BCUT2D eigenvalue weighted by Crippen LogP contribution is -2.45. The lowest BCUT2D eigenvalue weighted by atomic mass is 9.95. The van der Waals surface area contributed by atoms with Gasteiger partial charge in [0.1, 0.15) is 11.5 Å². The van der Waals surface area contributed by atoms with Crippen LogP contribution in [0.2, 0.25) is 5.02 Å². The van der Waals surface area contributed by atoms with Gasteiger partial charge in [0.25, 0.3) is 5.91 Å². The van der Waals surface area contributed by atoms with Crippen molar-refractivity contribution in [1.29, 1.82) is 0 Å². The predicted molar refractivity (Wildman–Crippen MR) is 107 cm³/mol. The van der Waals surface area contributed by atoms with Crippen LogP contribution in [0.3, 0.4) is 0 Å². The number of amides is 3. The van der Waals surface area contributed by atoms with Crippen LogP contribution < -0.4 is 25.4 Å². The Morgan fingerprint density at radius 1 is 1.11 bits per heavy atom. The number of rotatable bonds is 5. The molecule has 1 aliphatic rings. The van der Waals surface area contributed by atoms with Crippen LogP contribution >= 0.6 is 11.6 Å². The molecule has 0 saturated carbocycles. The summed E-state index contributed by atoms with van der Waals surface area (Å²) in [5, 5.41) is 8.84. The Labute approximate surface area is 167 Å². The van der Waals surface area contributed by atoms with Crippen molar-refractivity contribution in [2.45, 2.75) is 13.0 Å². The van der Waals surface area contributed by atoms with Gasteiger partial charge in [0, 0.05) is 16.8 Å². The fourth-order valence-electron chi connectivity index (χ4n) is 2.99. The van der Waals surface area contributed by atoms with Gasteiger partial charge in [0.05, 0.1) is 31.5 Å². The normalized spacial score (nSPS) is 16.1. The lowest BCUT2D eigenvalue weighted by Gasteiger charge is -2.29. The van der Waals surface area contributed by atoms with Crippen LogP contribution in [0.1, 0.15) is 18.5 Å². The van der Waals surface area contributed by atoms with Gasteiger partial charge in [0.2, 0.25) is 0 Å². The number of hydrogen-bond donors (Lipinski definition) is 3. The van der Waals surface area contributed by atoms with Crippen molar-refractivity contribution in [1.82, 2.24) is 10.6 Å². The van der Waals surface area contributed by atoms with Gasteiger partial charge in [-0.2, -0.15) is 0 Å². The maximum atomic E-state index is 13.1. The van der Waals surface area contributed by atoms with Gasteiger partial charge >= 0.3 is 6.03 Å². The molecule has 0 fully saturated rings. The summed E-state index contributed by atoms with van der Waals surface area (Å²) >= 11 is 5.96. The summed E-state index contributed by atoms with van der Waals surface area (Å²) in [6, 6.07) is 11.1. The van der Waals surface area contributed by atoms with Crippen LogP contribution in [0.25, 0.3) is 0 Å². The molecule has 7 nitrogen and oxygen atoms in total. The van der Waals surface area contributed by atoms with Crippen LogP contribution in [0.5, 0.6) is 11.5 Å². The fourth-order valence-corrected chi connectivity index (χ4v) is 3.12. The average molecular weight is 402 g/mol. The minimum absolute atomic E-state index is 0.367. The highest BCUT2D eigenvalue weighted by molar-refractivity contribution is 6.30. The summed E-state index contributed by atoms with van der Waals surface area (Å²) in [7, 11) is 3.06. The molecule has 1 aliphatic heterocycles. The third kappa shape index (κ3) is 4.04. The molecule has 146 valence electrons. The van der Waals surface area contributed by atoms with E-state index >= 15 is 0 Å². The first-order valence-corrected chi connectivity index (χ1v) is 8.88. The number of halogens is 1. The Morgan fingerprint density at radius 2 is 1.82 bits per heavy atom. The van der Waals surface area contributed by atoms with Gasteiger partial charge in [-0.25, -0.2) is 4.79 Å². The van der Waals surface area contributed by atoms with Crippen LogP contribution in [0, 0.1) is 0 Å². The second-order valence-corrected chi connectivity index (χ2v) is 6.58. The lowest BCUT2D eigenvalue weighted by molar-refractivity contribution is -0.113. The number of allylic oxidation sites excluding steroid dienone is 1. The van der Waals surface area contributed by atoms with Gasteiger partial charge in [-0.05, 0) is 36.8 Å². The Balaban J connectivity index is 1.94. The van der Waals surface area contributed by atoms with E-state index in [0.29, 0.717) is 33.5 Å². The van der Waals surface area contributed by atoms with Gasteiger partial charge in [-0.15, -0.1) is 0 Å². The van der Waals surface area contributed by atoms with Gasteiger partial charge in [0.15, 0.2) is 0 Å². The molecule has 3 N–H and O–H groups in total. The molecule has 0 spiro atoms. The van der Waals surface area contributed by atoms with Crippen molar-refractivity contribution in [3.05, 3.63) is 64.3 Å². The third-order valence-electron chi connectivity index (χ3n) is 4.37. The van der Waals surface area contributed by atoms with Gasteiger partial charge in [-0.3, -0.25) is 4.79 Å². The van der Waals surface area contributed by atoms with E-state index in [0.717, 1.165) is 5.56 Å². The minimum Gasteiger partial charge on any atom is -0.497 e. The highest BCUT2D eigenvalue weighted by atomic mass is 35.5. The molecule has 0 aromatic heterocycles. The number of carbonyl (C=O) groups is 2. The minimum atomic E-state index is -0.616. The van der Waals surface area contributed by atoms with E-state index in [-0.39, 0.29) is 11.9 Å². The second-order valence-electron chi connectivity index (χ2n) is 6.14. The first kappa shape index (κ1) is 19.6. The standard InChI is InChI=1S/C20H20ClN3O4/c1-11-17(18(24-20(26)22-11)12-4-6-13(21)7-5-12)19(25)23-15-9-8-14(27-2)10-16(15)28-3/h4-10,18H,1-3H3,(H,23,25)(H2,22,24,26)/t18-/m0/s1. The molecule has 1 heterocycles. The number of urea groups is 1. The molecule has 0 saturated heterocycles. The molecule has 2 aromatic rings. The van der Waals surface area contributed by atoms with Crippen LogP contribution in [0.15, 0.2) is 53.7 Å². The molecule has 1 atom stereocenters. The van der Waals surface area contributed by atoms with Crippen molar-refractivity contribution < 1.29 is 19.1 Å². The molecule has 2 aromatic carbocycles. The summed E-state index contributed by atoms with van der Waals surface area (Å²) in [6.07, 6.45) is 0. The van der Waals surface area contributed by atoms with Crippen molar-refractivity contribution >= 4 is 29.2 Å². The highest BCUT2D eigenvalue weighted by Gasteiger charge is 2.31. The number of benzene rings is 2. The van der Waals surface area contributed by atoms with Crippen molar-refractivity contribution in [2.75, 3.05) is 19.5 Å². The predicted octanol–water partition coefficient (Wildman–Crippen LogP) is 3.62. The highest BCUT2D eigenvalue weighted by Crippen LogP contribution is 2.32. The topological polar surface area (TPSA) is 88.7 Å². The molecular weight excluding hydrogens is 382 g/mol. The average Bonchev–Trinajstić information content (AvgIpc) is 2.68. The Morgan fingerprint density at radius 3 is 2.46 bits per heavy atom. The zero-order chi connectivity index (χ0) is 20.3. The summed E-state index contributed by atoms with van der Waals surface area (Å²) in [4.78, 5) is 25.1. The summed E-state index contributed by atoms with van der Waals surface area (Å²) < 4.78 is 10.5. The number of ether oxygens (including phenoxy) is 2. The molecule has 0 radical (unpaired) electrons. The Bertz CT molecular complexity index is 941. The van der Waals surface area contributed by atoms with E-state index < -0.39 is 6.04 Å². The van der Waals surface area contributed by atoms with Crippen LogP contribution in [0.4, 0.5) is 10.5 Å². The zero-order valence-corrected chi connectivity index (χ0v) is 16.4. The first-order chi connectivity index (χ1) is 13.4. The third-order valence-corrected chi connectivity index (χ3v) is 4.63. The molecule has 0 unspecified atom stereocenters. The Kier molecular flexibility index (Phi) is 5.75. The van der Waals surface area contributed by atoms with Crippen molar-refractivity contribution in [2.24, 2.45) is 0 Å². The van der Waals surface area contributed by atoms with E-state index in [9.17, 15) is 9.59 Å². The number of anilines is 1. The second kappa shape index (κ2) is 8.22.